The monoisotopic (exact) mass is 285 g/mol. The normalized spacial score (nSPS) is 17.5. The van der Waals surface area contributed by atoms with Gasteiger partial charge in [0.15, 0.2) is 0 Å². The molecule has 0 amide bonds. The number of aliphatic hydroxyl groups is 1. The van der Waals surface area contributed by atoms with Gasteiger partial charge < -0.3 is 9.84 Å². The van der Waals surface area contributed by atoms with Crippen molar-refractivity contribution in [3.05, 3.63) is 35.4 Å². The molecular weight excluding hydrogens is 266 g/mol. The Morgan fingerprint density at radius 1 is 1.26 bits per heavy atom. The summed E-state index contributed by atoms with van der Waals surface area (Å²) < 4.78 is 32.0. The summed E-state index contributed by atoms with van der Waals surface area (Å²) in [4.78, 5) is 0. The standard InChI is InChI=1S/C13H19NO4S/c15-10-12-3-1-2-11(8-12)9-14-19(16,17)13-4-6-18-7-5-13/h1-3,8,13-15H,4-7,9-10H2. The zero-order chi connectivity index (χ0) is 13.7. The van der Waals surface area contributed by atoms with Crippen molar-refractivity contribution in [3.63, 3.8) is 0 Å². The molecule has 1 fully saturated rings. The first-order valence-corrected chi connectivity index (χ1v) is 7.91. The second-order valence-electron chi connectivity index (χ2n) is 4.66. The van der Waals surface area contributed by atoms with Gasteiger partial charge in [0, 0.05) is 19.8 Å². The third kappa shape index (κ3) is 4.01. The summed E-state index contributed by atoms with van der Waals surface area (Å²) in [5.74, 6) is 0. The molecule has 1 aromatic rings. The number of rotatable bonds is 5. The van der Waals surface area contributed by atoms with Gasteiger partial charge in [-0.05, 0) is 24.0 Å². The molecule has 6 heteroatoms. The van der Waals surface area contributed by atoms with E-state index in [2.05, 4.69) is 4.72 Å². The van der Waals surface area contributed by atoms with Crippen LogP contribution in [0, 0.1) is 0 Å². The van der Waals surface area contributed by atoms with Crippen molar-refractivity contribution in [2.45, 2.75) is 31.2 Å². The Balaban J connectivity index is 1.96. The van der Waals surface area contributed by atoms with E-state index in [0.717, 1.165) is 11.1 Å². The molecule has 1 aromatic carbocycles. The van der Waals surface area contributed by atoms with Crippen molar-refractivity contribution in [1.29, 1.82) is 0 Å². The lowest BCUT2D eigenvalue weighted by Crippen LogP contribution is -2.37. The van der Waals surface area contributed by atoms with E-state index < -0.39 is 10.0 Å². The molecule has 0 radical (unpaired) electrons. The Bertz CT molecular complexity index is 509. The van der Waals surface area contributed by atoms with Crippen LogP contribution in [0.25, 0.3) is 0 Å². The summed E-state index contributed by atoms with van der Waals surface area (Å²) in [6, 6.07) is 7.25. The van der Waals surface area contributed by atoms with Crippen LogP contribution in [0.4, 0.5) is 0 Å². The van der Waals surface area contributed by atoms with E-state index in [0.29, 0.717) is 26.1 Å². The van der Waals surface area contributed by atoms with Gasteiger partial charge in [0.05, 0.1) is 11.9 Å². The molecule has 0 saturated carbocycles. The van der Waals surface area contributed by atoms with Gasteiger partial charge in [-0.25, -0.2) is 13.1 Å². The third-order valence-corrected chi connectivity index (χ3v) is 5.15. The molecule has 1 heterocycles. The van der Waals surface area contributed by atoms with Crippen molar-refractivity contribution in [3.8, 4) is 0 Å². The number of hydrogen-bond donors (Lipinski definition) is 2. The summed E-state index contributed by atoms with van der Waals surface area (Å²) in [5.41, 5.74) is 1.63. The fourth-order valence-corrected chi connectivity index (χ4v) is 3.54. The molecule has 5 nitrogen and oxygen atoms in total. The summed E-state index contributed by atoms with van der Waals surface area (Å²) in [6.07, 6.45) is 1.10. The molecule has 0 spiro atoms. The lowest BCUT2D eigenvalue weighted by molar-refractivity contribution is 0.0981. The summed E-state index contributed by atoms with van der Waals surface area (Å²) in [5, 5.41) is 8.68. The van der Waals surface area contributed by atoms with Crippen LogP contribution in [-0.2, 0) is 27.9 Å². The predicted octanol–water partition coefficient (Wildman–Crippen LogP) is 0.777. The summed E-state index contributed by atoms with van der Waals surface area (Å²) in [7, 11) is -3.29. The lowest BCUT2D eigenvalue weighted by Gasteiger charge is -2.22. The van der Waals surface area contributed by atoms with Gasteiger partial charge in [-0.2, -0.15) is 0 Å². The maximum atomic E-state index is 12.1. The van der Waals surface area contributed by atoms with E-state index in [9.17, 15) is 8.42 Å². The van der Waals surface area contributed by atoms with Gasteiger partial charge in [-0.1, -0.05) is 24.3 Å². The molecule has 1 aliphatic heterocycles. The van der Waals surface area contributed by atoms with E-state index in [-0.39, 0.29) is 18.4 Å². The van der Waals surface area contributed by atoms with E-state index in [1.165, 1.54) is 0 Å². The minimum atomic E-state index is -3.29. The maximum Gasteiger partial charge on any atom is 0.214 e. The first kappa shape index (κ1) is 14.5. The number of aliphatic hydroxyl groups excluding tert-OH is 1. The van der Waals surface area contributed by atoms with Gasteiger partial charge in [0.1, 0.15) is 0 Å². The Morgan fingerprint density at radius 2 is 1.95 bits per heavy atom. The number of ether oxygens (including phenoxy) is 1. The first-order chi connectivity index (χ1) is 9.12. The number of nitrogens with one attached hydrogen (secondary N) is 1. The van der Waals surface area contributed by atoms with Gasteiger partial charge in [-0.15, -0.1) is 0 Å². The third-order valence-electron chi connectivity index (χ3n) is 3.26. The van der Waals surface area contributed by atoms with Crippen molar-refractivity contribution >= 4 is 10.0 Å². The minimum Gasteiger partial charge on any atom is -0.392 e. The van der Waals surface area contributed by atoms with Crippen molar-refractivity contribution in [1.82, 2.24) is 4.72 Å². The second kappa shape index (κ2) is 6.47. The summed E-state index contributed by atoms with van der Waals surface area (Å²) in [6.45, 7) is 1.23. The highest BCUT2D eigenvalue weighted by atomic mass is 32.2. The smallest absolute Gasteiger partial charge is 0.214 e. The Labute approximate surface area is 113 Å². The molecule has 0 aliphatic carbocycles. The highest BCUT2D eigenvalue weighted by Crippen LogP contribution is 2.15. The largest absolute Gasteiger partial charge is 0.392 e. The molecule has 0 aromatic heterocycles. The second-order valence-corrected chi connectivity index (χ2v) is 6.70. The highest BCUT2D eigenvalue weighted by molar-refractivity contribution is 7.90. The van der Waals surface area contributed by atoms with E-state index in [4.69, 9.17) is 9.84 Å². The zero-order valence-corrected chi connectivity index (χ0v) is 11.5. The van der Waals surface area contributed by atoms with Crippen LogP contribution < -0.4 is 4.72 Å². The molecule has 0 atom stereocenters. The molecule has 0 unspecified atom stereocenters. The van der Waals surface area contributed by atoms with Crippen LogP contribution in [0.3, 0.4) is 0 Å². The first-order valence-electron chi connectivity index (χ1n) is 6.37. The van der Waals surface area contributed by atoms with Gasteiger partial charge in [-0.3, -0.25) is 0 Å². The Kier molecular flexibility index (Phi) is 4.93. The number of benzene rings is 1. The maximum absolute atomic E-state index is 12.1. The minimum absolute atomic E-state index is 0.0411. The Hall–Kier alpha value is -0.950. The SMILES string of the molecule is O=S(=O)(NCc1cccc(CO)c1)C1CCOCC1. The predicted molar refractivity (Wildman–Crippen MR) is 72.0 cm³/mol. The van der Waals surface area contributed by atoms with E-state index in [1.54, 1.807) is 12.1 Å². The van der Waals surface area contributed by atoms with E-state index in [1.807, 2.05) is 12.1 Å². The fourth-order valence-electron chi connectivity index (χ4n) is 2.13. The van der Waals surface area contributed by atoms with Gasteiger partial charge in [0.25, 0.3) is 0 Å². The number of hydrogen-bond acceptors (Lipinski definition) is 4. The fraction of sp³-hybridized carbons (Fsp3) is 0.538. The van der Waals surface area contributed by atoms with Crippen molar-refractivity contribution in [2.24, 2.45) is 0 Å². The molecule has 106 valence electrons. The quantitative estimate of drug-likeness (QED) is 0.838. The summed E-state index contributed by atoms with van der Waals surface area (Å²) >= 11 is 0. The molecule has 1 aliphatic rings. The van der Waals surface area contributed by atoms with Crippen LogP contribution >= 0.6 is 0 Å². The lowest BCUT2D eigenvalue weighted by atomic mass is 10.1. The average molecular weight is 285 g/mol. The highest BCUT2D eigenvalue weighted by Gasteiger charge is 2.27. The van der Waals surface area contributed by atoms with Crippen molar-refractivity contribution < 1.29 is 18.3 Å². The molecule has 1 saturated heterocycles. The topological polar surface area (TPSA) is 75.6 Å². The van der Waals surface area contributed by atoms with Gasteiger partial charge in [0.2, 0.25) is 10.0 Å². The molecular formula is C13H19NO4S. The van der Waals surface area contributed by atoms with Crippen LogP contribution in [-0.4, -0.2) is 32.0 Å². The molecule has 2 rings (SSSR count). The average Bonchev–Trinajstić information content (AvgIpc) is 2.46. The number of sulfonamides is 1. The van der Waals surface area contributed by atoms with Crippen molar-refractivity contribution in [2.75, 3.05) is 13.2 Å². The van der Waals surface area contributed by atoms with Crippen LogP contribution in [0.15, 0.2) is 24.3 Å². The Morgan fingerprint density at radius 3 is 2.63 bits per heavy atom. The van der Waals surface area contributed by atoms with Gasteiger partial charge >= 0.3 is 0 Å². The molecule has 2 N–H and O–H groups in total. The molecule has 0 bridgehead atoms. The van der Waals surface area contributed by atoms with Crippen LogP contribution in [0.2, 0.25) is 0 Å². The zero-order valence-electron chi connectivity index (χ0n) is 10.7. The van der Waals surface area contributed by atoms with E-state index >= 15 is 0 Å². The van der Waals surface area contributed by atoms with Crippen LogP contribution in [0.5, 0.6) is 0 Å². The molecule has 19 heavy (non-hydrogen) atoms. The van der Waals surface area contributed by atoms with Crippen LogP contribution in [0.1, 0.15) is 24.0 Å².